The molecule has 0 radical (unpaired) electrons. The van der Waals surface area contributed by atoms with E-state index in [2.05, 4.69) is 9.44 Å². The van der Waals surface area contributed by atoms with Crippen LogP contribution < -0.4 is 47.2 Å². The zero-order chi connectivity index (χ0) is 40.0. The Kier molecular flexibility index (Phi) is 9.97. The Morgan fingerprint density at radius 3 is 1.36 bits per heavy atom. The molecule has 10 N–H and O–H groups in total. The molecule has 17 nitrogen and oxygen atoms in total. The van der Waals surface area contributed by atoms with Gasteiger partial charge in [0.2, 0.25) is 0 Å². The second-order valence-electron chi connectivity index (χ2n) is 12.6. The van der Waals surface area contributed by atoms with Gasteiger partial charge in [-0.15, -0.1) is 0 Å². The average Bonchev–Trinajstić information content (AvgIpc) is 3.06. The van der Waals surface area contributed by atoms with Crippen molar-refractivity contribution >= 4 is 65.5 Å². The molecule has 4 aromatic carbocycles. The standard InChI is InChI=1S/C36H32N6O11S2/c1-17-23-13-27(33(37)43)31(15-29(23)52-35(45)25(17)11-19-5-3-7-21(9-19)41-54(39,47)48)51-32-16-30-24(14-28(32)34(38)44)18(2)26(36(46)53-30)12-20-6-4-8-22(10-20)42-55(40,49)50/h3-10,13-16,41-42H,11-12H2,1-2H3,(H2,37,43)(H2,38,44)(H2,39,47,48)(H2,40,49,50). The van der Waals surface area contributed by atoms with Gasteiger partial charge in [-0.3, -0.25) is 19.0 Å². The summed E-state index contributed by atoms with van der Waals surface area (Å²) in [5.74, 6) is -2.27. The first-order valence-corrected chi connectivity index (χ1v) is 19.1. The summed E-state index contributed by atoms with van der Waals surface area (Å²) in [4.78, 5) is 52.0. The number of fused-ring (bicyclic) bond motifs is 2. The third kappa shape index (κ3) is 8.49. The van der Waals surface area contributed by atoms with Crippen LogP contribution in [-0.2, 0) is 33.3 Å². The van der Waals surface area contributed by atoms with Gasteiger partial charge in [-0.1, -0.05) is 24.3 Å². The lowest BCUT2D eigenvalue weighted by Gasteiger charge is -2.16. The zero-order valence-corrected chi connectivity index (χ0v) is 30.6. The molecule has 2 aromatic heterocycles. The molecule has 19 heteroatoms. The molecule has 0 bridgehead atoms. The first-order chi connectivity index (χ1) is 25.8. The van der Waals surface area contributed by atoms with Crippen LogP contribution in [0.25, 0.3) is 21.9 Å². The second-order valence-corrected chi connectivity index (χ2v) is 15.1. The lowest BCUT2D eigenvalue weighted by Crippen LogP contribution is -2.21. The number of ether oxygens (including phenoxy) is 1. The first kappa shape index (κ1) is 38.2. The highest BCUT2D eigenvalue weighted by molar-refractivity contribution is 7.90. The van der Waals surface area contributed by atoms with E-state index in [4.69, 9.17) is 35.3 Å². The van der Waals surface area contributed by atoms with Gasteiger partial charge in [-0.2, -0.15) is 16.8 Å². The lowest BCUT2D eigenvalue weighted by atomic mass is 9.97. The van der Waals surface area contributed by atoms with E-state index in [1.54, 1.807) is 38.1 Å². The van der Waals surface area contributed by atoms with Crippen LogP contribution in [0.5, 0.6) is 11.5 Å². The summed E-state index contributed by atoms with van der Waals surface area (Å²) < 4.78 is 67.6. The normalized spacial score (nSPS) is 11.8. The SMILES string of the molecule is Cc1c(Cc2cccc(NS(N)(=O)=O)c2)c(=O)oc2cc(Oc3cc4oc(=O)c(Cc5cccc(NS(N)(=O)=O)c5)c(C)c4cc3C(N)=O)c(C(N)=O)cc12. The molecular formula is C36H32N6O11S2. The zero-order valence-electron chi connectivity index (χ0n) is 29.0. The van der Waals surface area contributed by atoms with Crippen LogP contribution in [0.2, 0.25) is 0 Å². The highest BCUT2D eigenvalue weighted by Gasteiger charge is 2.23. The average molecular weight is 789 g/mol. The number of primary amides is 2. The number of aryl methyl sites for hydroxylation is 2. The molecule has 0 fully saturated rings. The molecule has 0 unspecified atom stereocenters. The van der Waals surface area contributed by atoms with Gasteiger partial charge in [-0.25, -0.2) is 19.9 Å². The van der Waals surface area contributed by atoms with Crippen LogP contribution in [0.1, 0.15) is 54.1 Å². The molecule has 0 aliphatic rings. The maximum absolute atomic E-state index is 13.3. The molecular weight excluding hydrogens is 757 g/mol. The Bertz CT molecular complexity index is 2740. The molecule has 6 aromatic rings. The fourth-order valence-corrected chi connectivity index (χ4v) is 7.05. The van der Waals surface area contributed by atoms with E-state index in [0.717, 1.165) is 0 Å². The van der Waals surface area contributed by atoms with Gasteiger partial charge in [0.15, 0.2) is 0 Å². The monoisotopic (exact) mass is 788 g/mol. The van der Waals surface area contributed by atoms with E-state index >= 15 is 0 Å². The fraction of sp³-hybridized carbons (Fsp3) is 0.111. The minimum absolute atomic E-state index is 0.00709. The minimum atomic E-state index is -4.04. The van der Waals surface area contributed by atoms with E-state index in [0.29, 0.717) is 33.0 Å². The summed E-state index contributed by atoms with van der Waals surface area (Å²) in [5.41, 5.74) is 12.5. The van der Waals surface area contributed by atoms with Crippen LogP contribution >= 0.6 is 0 Å². The van der Waals surface area contributed by atoms with Gasteiger partial charge >= 0.3 is 11.3 Å². The number of amides is 2. The van der Waals surface area contributed by atoms with Crippen LogP contribution in [0.4, 0.5) is 11.4 Å². The number of anilines is 2. The number of hydrogen-bond acceptors (Lipinski definition) is 11. The molecule has 2 heterocycles. The van der Waals surface area contributed by atoms with Gasteiger partial charge < -0.3 is 25.0 Å². The molecule has 0 spiro atoms. The summed E-state index contributed by atoms with van der Waals surface area (Å²) in [6.45, 7) is 3.27. The van der Waals surface area contributed by atoms with Crippen LogP contribution in [0.3, 0.4) is 0 Å². The topological polar surface area (TPSA) is 300 Å². The third-order valence-corrected chi connectivity index (χ3v) is 9.70. The fourth-order valence-electron chi connectivity index (χ4n) is 6.14. The van der Waals surface area contributed by atoms with Crippen molar-refractivity contribution in [1.82, 2.24) is 0 Å². The Morgan fingerprint density at radius 2 is 1.02 bits per heavy atom. The summed E-state index contributed by atoms with van der Waals surface area (Å²) >= 11 is 0. The van der Waals surface area contributed by atoms with E-state index < -0.39 is 43.5 Å². The third-order valence-electron chi connectivity index (χ3n) is 8.66. The minimum Gasteiger partial charge on any atom is -0.455 e. The number of nitrogens with two attached hydrogens (primary N) is 4. The van der Waals surface area contributed by atoms with Crippen molar-refractivity contribution in [3.63, 3.8) is 0 Å². The molecule has 0 aliphatic carbocycles. The largest absolute Gasteiger partial charge is 0.455 e. The van der Waals surface area contributed by atoms with E-state index in [1.807, 2.05) is 0 Å². The summed E-state index contributed by atoms with van der Waals surface area (Å²) in [7, 11) is -8.08. The number of rotatable bonds is 12. The van der Waals surface area contributed by atoms with Gasteiger partial charge in [0, 0.05) is 46.9 Å². The Morgan fingerprint density at radius 1 is 0.636 bits per heavy atom. The van der Waals surface area contributed by atoms with Crippen molar-refractivity contribution < 1.29 is 40.0 Å². The van der Waals surface area contributed by atoms with Crippen molar-refractivity contribution in [2.24, 2.45) is 21.7 Å². The highest BCUT2D eigenvalue weighted by atomic mass is 32.2. The van der Waals surface area contributed by atoms with Crippen molar-refractivity contribution in [2.75, 3.05) is 9.44 Å². The predicted molar refractivity (Wildman–Crippen MR) is 204 cm³/mol. The molecule has 0 saturated carbocycles. The van der Waals surface area contributed by atoms with Gasteiger partial charge in [0.25, 0.3) is 32.2 Å². The maximum Gasteiger partial charge on any atom is 0.340 e. The van der Waals surface area contributed by atoms with Crippen molar-refractivity contribution in [3.8, 4) is 11.5 Å². The Hall–Kier alpha value is -6.54. The van der Waals surface area contributed by atoms with Crippen LogP contribution in [-0.4, -0.2) is 28.6 Å². The predicted octanol–water partition coefficient (Wildman–Crippen LogP) is 2.92. The smallest absolute Gasteiger partial charge is 0.340 e. The molecule has 2 amide bonds. The van der Waals surface area contributed by atoms with Crippen molar-refractivity contribution in [3.05, 3.63) is 138 Å². The number of hydrogen-bond donors (Lipinski definition) is 6. The summed E-state index contributed by atoms with van der Waals surface area (Å²) in [6, 6.07) is 17.7. The van der Waals surface area contributed by atoms with E-state index in [-0.39, 0.29) is 69.1 Å². The quantitative estimate of drug-likeness (QED) is 0.0980. The van der Waals surface area contributed by atoms with Crippen LogP contribution in [0.15, 0.2) is 91.2 Å². The summed E-state index contributed by atoms with van der Waals surface area (Å²) in [6.07, 6.45) is 0.0595. The molecule has 0 atom stereocenters. The number of nitrogens with one attached hydrogen (secondary N) is 2. The molecule has 284 valence electrons. The van der Waals surface area contributed by atoms with Crippen LogP contribution in [0, 0.1) is 13.8 Å². The molecule has 6 rings (SSSR count). The van der Waals surface area contributed by atoms with Crippen molar-refractivity contribution in [1.29, 1.82) is 0 Å². The Labute approximate surface area is 312 Å². The molecule has 0 aliphatic heterocycles. The van der Waals surface area contributed by atoms with Crippen molar-refractivity contribution in [2.45, 2.75) is 26.7 Å². The summed E-state index contributed by atoms with van der Waals surface area (Å²) in [5, 5.41) is 10.8. The van der Waals surface area contributed by atoms with Gasteiger partial charge in [0.05, 0.1) is 22.5 Å². The first-order valence-electron chi connectivity index (χ1n) is 16.0. The number of benzene rings is 4. The molecule has 55 heavy (non-hydrogen) atoms. The lowest BCUT2D eigenvalue weighted by molar-refractivity contribution is 0.0993. The number of carbonyl (C=O) groups excluding carboxylic acids is 2. The maximum atomic E-state index is 13.3. The Balaban J connectivity index is 1.39. The van der Waals surface area contributed by atoms with Gasteiger partial charge in [-0.05, 0) is 72.5 Å². The van der Waals surface area contributed by atoms with E-state index in [9.17, 15) is 36.0 Å². The number of carbonyl (C=O) groups is 2. The highest BCUT2D eigenvalue weighted by Crippen LogP contribution is 2.36. The van der Waals surface area contributed by atoms with E-state index in [1.165, 1.54) is 48.5 Å². The second kappa shape index (κ2) is 14.4. The molecule has 0 saturated heterocycles. The van der Waals surface area contributed by atoms with Gasteiger partial charge in [0.1, 0.15) is 22.7 Å².